The van der Waals surface area contributed by atoms with Crippen LogP contribution in [0.4, 0.5) is 0 Å². The average molecular weight is 350 g/mol. The molecule has 116 valence electrons. The SMILES string of the molecule is CCC[Si](CCC)(CCC)N([SiH2]CC[SiH3])[SiH2]CC[SiH3]. The Morgan fingerprint density at radius 3 is 1.42 bits per heavy atom. The van der Waals surface area contributed by atoms with Gasteiger partial charge in [-0.15, -0.1) is 0 Å². The van der Waals surface area contributed by atoms with E-state index in [4.69, 9.17) is 0 Å². The molecule has 0 aromatic carbocycles. The number of hydrogen-bond donors (Lipinski definition) is 0. The van der Waals surface area contributed by atoms with E-state index < -0.39 is 8.24 Å². The van der Waals surface area contributed by atoms with Crippen LogP contribution in [0.1, 0.15) is 40.0 Å². The quantitative estimate of drug-likeness (QED) is 0.449. The maximum absolute atomic E-state index is 3.33. The minimum atomic E-state index is -1.01. The molecule has 0 aliphatic rings. The van der Waals surface area contributed by atoms with E-state index in [1.54, 1.807) is 42.3 Å². The van der Waals surface area contributed by atoms with Crippen LogP contribution in [-0.2, 0) is 0 Å². The number of hydrogen-bond acceptors (Lipinski definition) is 1. The van der Waals surface area contributed by atoms with Gasteiger partial charge in [0.25, 0.3) is 0 Å². The summed E-state index contributed by atoms with van der Waals surface area (Å²) in [5.41, 5.74) is 0. The highest BCUT2D eigenvalue weighted by Crippen LogP contribution is 2.29. The highest BCUT2D eigenvalue weighted by atomic mass is 28.4. The van der Waals surface area contributed by atoms with Gasteiger partial charge < -0.3 is 3.90 Å². The predicted molar refractivity (Wildman–Crippen MR) is 109 cm³/mol. The van der Waals surface area contributed by atoms with Crippen molar-refractivity contribution in [3.63, 3.8) is 0 Å². The van der Waals surface area contributed by atoms with Crippen molar-refractivity contribution >= 4 is 48.1 Å². The van der Waals surface area contributed by atoms with Crippen LogP contribution in [0.3, 0.4) is 0 Å². The molecule has 19 heavy (non-hydrogen) atoms. The second-order valence-corrected chi connectivity index (χ2v) is 18.7. The Balaban J connectivity index is 4.91. The Kier molecular flexibility index (Phi) is 13.5. The smallest absolute Gasteiger partial charge is 0.114 e. The van der Waals surface area contributed by atoms with Crippen molar-refractivity contribution in [2.75, 3.05) is 0 Å². The van der Waals surface area contributed by atoms with Crippen LogP contribution >= 0.6 is 0 Å². The molecule has 0 atom stereocenters. The second-order valence-electron chi connectivity index (χ2n) is 6.17. The van der Waals surface area contributed by atoms with Crippen molar-refractivity contribution in [3.05, 3.63) is 0 Å². The van der Waals surface area contributed by atoms with Crippen LogP contribution in [0.5, 0.6) is 0 Å². The van der Waals surface area contributed by atoms with Crippen LogP contribution in [0, 0.1) is 0 Å². The van der Waals surface area contributed by atoms with Gasteiger partial charge in [-0.05, 0) is 18.1 Å². The standard InChI is InChI=1S/C13H39NSi5/c1-4-11-19(12-5-2,13-6-3)14(17-9-7-15)18-10-8-16/h4-13,17-18H2,1-3,15-16H3. The molecule has 0 fully saturated rings. The van der Waals surface area contributed by atoms with Crippen molar-refractivity contribution in [1.82, 2.24) is 3.90 Å². The Morgan fingerprint density at radius 1 is 0.789 bits per heavy atom. The molecule has 0 saturated heterocycles. The highest BCUT2D eigenvalue weighted by Gasteiger charge is 2.35. The Hall–Kier alpha value is 1.04. The molecule has 0 aliphatic heterocycles. The zero-order valence-electron chi connectivity index (χ0n) is 14.4. The first-order valence-corrected chi connectivity index (χ1v) is 17.6. The van der Waals surface area contributed by atoms with E-state index in [-0.39, 0.29) is 19.4 Å². The lowest BCUT2D eigenvalue weighted by Gasteiger charge is -2.43. The molecule has 0 aliphatic carbocycles. The van der Waals surface area contributed by atoms with E-state index in [0.29, 0.717) is 0 Å². The van der Waals surface area contributed by atoms with Gasteiger partial charge in [0.1, 0.15) is 8.24 Å². The fourth-order valence-electron chi connectivity index (χ4n) is 3.53. The summed E-state index contributed by atoms with van der Waals surface area (Å²) in [5, 5.41) is 0. The molecule has 0 unspecified atom stereocenters. The maximum Gasteiger partial charge on any atom is 0.114 e. The van der Waals surface area contributed by atoms with Crippen LogP contribution in [0.25, 0.3) is 0 Å². The van der Waals surface area contributed by atoms with Gasteiger partial charge in [0.15, 0.2) is 0 Å². The largest absolute Gasteiger partial charge is 0.378 e. The van der Waals surface area contributed by atoms with Crippen molar-refractivity contribution in [3.8, 4) is 0 Å². The molecule has 0 radical (unpaired) electrons. The van der Waals surface area contributed by atoms with Gasteiger partial charge in [0, 0.05) is 20.5 Å². The molecule has 0 N–H and O–H groups in total. The third kappa shape index (κ3) is 7.56. The molecule has 0 aromatic rings. The summed E-state index contributed by atoms with van der Waals surface area (Å²) in [6.45, 7) is 7.31. The zero-order chi connectivity index (χ0) is 14.6. The molecule has 6 heteroatoms. The number of rotatable bonds is 13. The van der Waals surface area contributed by atoms with Gasteiger partial charge in [-0.3, -0.25) is 0 Å². The third-order valence-electron chi connectivity index (χ3n) is 4.38. The van der Waals surface area contributed by atoms with Gasteiger partial charge in [0.05, 0.1) is 19.4 Å². The van der Waals surface area contributed by atoms with E-state index >= 15 is 0 Å². The lowest BCUT2D eigenvalue weighted by atomic mass is 10.6. The van der Waals surface area contributed by atoms with Crippen molar-refractivity contribution in [2.24, 2.45) is 0 Å². The van der Waals surface area contributed by atoms with Crippen molar-refractivity contribution in [1.29, 1.82) is 0 Å². The lowest BCUT2D eigenvalue weighted by molar-refractivity contribution is 0.815. The summed E-state index contributed by atoms with van der Waals surface area (Å²) >= 11 is 0. The molecular weight excluding hydrogens is 311 g/mol. The summed E-state index contributed by atoms with van der Waals surface area (Å²) in [6.07, 6.45) is 4.35. The summed E-state index contributed by atoms with van der Waals surface area (Å²) in [4.78, 5) is 0. The molecule has 0 aromatic heterocycles. The van der Waals surface area contributed by atoms with Gasteiger partial charge in [-0.1, -0.05) is 64.2 Å². The highest BCUT2D eigenvalue weighted by molar-refractivity contribution is 6.88. The Labute approximate surface area is 134 Å². The van der Waals surface area contributed by atoms with E-state index in [1.165, 1.54) is 39.7 Å². The normalized spacial score (nSPS) is 13.9. The Morgan fingerprint density at radius 2 is 1.16 bits per heavy atom. The topological polar surface area (TPSA) is 3.24 Å². The van der Waals surface area contributed by atoms with E-state index in [9.17, 15) is 0 Å². The first kappa shape index (κ1) is 20.0. The minimum absolute atomic E-state index is 0.147. The molecule has 0 bridgehead atoms. The summed E-state index contributed by atoms with van der Waals surface area (Å²) < 4.78 is 3.33. The third-order valence-corrected chi connectivity index (χ3v) is 24.6. The van der Waals surface area contributed by atoms with Gasteiger partial charge in [-0.25, -0.2) is 0 Å². The minimum Gasteiger partial charge on any atom is -0.378 e. The number of nitrogens with zero attached hydrogens (tertiary/aromatic N) is 1. The van der Waals surface area contributed by atoms with Crippen LogP contribution in [0.2, 0.25) is 42.3 Å². The summed E-state index contributed by atoms with van der Waals surface area (Å²) in [6, 6.07) is 11.3. The Bertz CT molecular complexity index is 178. The van der Waals surface area contributed by atoms with E-state index in [2.05, 4.69) is 24.7 Å². The molecule has 0 spiro atoms. The van der Waals surface area contributed by atoms with Gasteiger partial charge >= 0.3 is 0 Å². The molecule has 1 nitrogen and oxygen atoms in total. The van der Waals surface area contributed by atoms with E-state index in [0.717, 1.165) is 0 Å². The van der Waals surface area contributed by atoms with Crippen LogP contribution in [0.15, 0.2) is 0 Å². The van der Waals surface area contributed by atoms with Gasteiger partial charge in [0.2, 0.25) is 0 Å². The second kappa shape index (κ2) is 12.8. The van der Waals surface area contributed by atoms with Crippen LogP contribution in [-0.4, -0.2) is 52.0 Å². The molecule has 0 heterocycles. The maximum atomic E-state index is 3.33. The zero-order valence-corrected chi connectivity index (χ0v) is 22.3. The summed E-state index contributed by atoms with van der Waals surface area (Å²) in [7, 11) is 2.16. The molecule has 0 rings (SSSR count). The molecular formula is C13H39NSi5. The first-order valence-electron chi connectivity index (χ1n) is 8.95. The fourth-order valence-corrected chi connectivity index (χ4v) is 21.1. The monoisotopic (exact) mass is 349 g/mol. The van der Waals surface area contributed by atoms with Crippen LogP contribution < -0.4 is 0 Å². The first-order chi connectivity index (χ1) is 9.20. The molecule has 0 amide bonds. The van der Waals surface area contributed by atoms with Gasteiger partial charge in [-0.2, -0.15) is 0 Å². The lowest BCUT2D eigenvalue weighted by Crippen LogP contribution is -2.56. The average Bonchev–Trinajstić information content (AvgIpc) is 2.39. The fraction of sp³-hybridized carbons (Fsp3) is 1.00. The summed E-state index contributed by atoms with van der Waals surface area (Å²) in [5.74, 6) is 0. The molecule has 0 saturated carbocycles. The van der Waals surface area contributed by atoms with Crippen molar-refractivity contribution in [2.45, 2.75) is 82.3 Å². The van der Waals surface area contributed by atoms with E-state index in [1.807, 2.05) is 0 Å². The predicted octanol–water partition coefficient (Wildman–Crippen LogP) is 1.04. The van der Waals surface area contributed by atoms with Crippen molar-refractivity contribution < 1.29 is 0 Å².